The molecule has 0 aliphatic carbocycles. The van der Waals surface area contributed by atoms with Gasteiger partial charge >= 0.3 is 0 Å². The van der Waals surface area contributed by atoms with Gasteiger partial charge in [-0.2, -0.15) is 11.8 Å². The van der Waals surface area contributed by atoms with E-state index < -0.39 is 0 Å². The maximum Gasteiger partial charge on any atom is 0.0987 e. The average Bonchev–Trinajstić information content (AvgIpc) is 2.70. The first-order valence-electron chi connectivity index (χ1n) is 5.60. The van der Waals surface area contributed by atoms with Crippen LogP contribution in [0.3, 0.4) is 0 Å². The number of aromatic nitrogens is 1. The fourth-order valence-electron chi connectivity index (χ4n) is 2.20. The summed E-state index contributed by atoms with van der Waals surface area (Å²) in [5.41, 5.74) is 1.41. The third kappa shape index (κ3) is 1.83. The highest BCUT2D eigenvalue weighted by atomic mass is 32.2. The maximum atomic E-state index is 4.88. The Balaban J connectivity index is 1.84. The van der Waals surface area contributed by atoms with Crippen LogP contribution in [0.4, 0.5) is 0 Å². The number of thiazole rings is 1. The molecule has 2 saturated heterocycles. The number of nitrogens with one attached hydrogen (secondary N) is 1. The smallest absolute Gasteiger partial charge is 0.0987 e. The standard InChI is InChI=1S/C11H16N2S2/c1-7-10(8-2-3-14-6-8)13-11(15-7)9-4-12-5-9/h8-9,12H,2-6H2,1H3. The molecule has 0 spiro atoms. The summed E-state index contributed by atoms with van der Waals surface area (Å²) in [6.07, 6.45) is 1.33. The second-order valence-corrected chi connectivity index (χ2v) is 6.79. The summed E-state index contributed by atoms with van der Waals surface area (Å²) in [4.78, 5) is 6.34. The van der Waals surface area contributed by atoms with Crippen molar-refractivity contribution in [3.05, 3.63) is 15.6 Å². The molecule has 0 bridgehead atoms. The van der Waals surface area contributed by atoms with Gasteiger partial charge in [0.25, 0.3) is 0 Å². The van der Waals surface area contributed by atoms with Crippen LogP contribution in [0.1, 0.15) is 33.8 Å². The van der Waals surface area contributed by atoms with Gasteiger partial charge in [0, 0.05) is 35.6 Å². The van der Waals surface area contributed by atoms with Crippen LogP contribution < -0.4 is 5.32 Å². The van der Waals surface area contributed by atoms with Crippen molar-refractivity contribution in [1.29, 1.82) is 0 Å². The maximum absolute atomic E-state index is 4.88. The molecule has 82 valence electrons. The van der Waals surface area contributed by atoms with Crippen molar-refractivity contribution in [3.63, 3.8) is 0 Å². The third-order valence-corrected chi connectivity index (χ3v) is 5.61. The number of hydrogen-bond acceptors (Lipinski definition) is 4. The van der Waals surface area contributed by atoms with E-state index in [9.17, 15) is 0 Å². The van der Waals surface area contributed by atoms with E-state index in [4.69, 9.17) is 4.98 Å². The first kappa shape index (κ1) is 10.1. The Bertz CT molecular complexity index is 351. The fraction of sp³-hybridized carbons (Fsp3) is 0.727. The zero-order chi connectivity index (χ0) is 10.3. The Morgan fingerprint density at radius 2 is 2.20 bits per heavy atom. The van der Waals surface area contributed by atoms with Gasteiger partial charge in [-0.3, -0.25) is 0 Å². The van der Waals surface area contributed by atoms with Crippen molar-refractivity contribution in [2.45, 2.75) is 25.2 Å². The van der Waals surface area contributed by atoms with Crippen LogP contribution in [0.25, 0.3) is 0 Å². The number of nitrogens with zero attached hydrogens (tertiary/aromatic N) is 1. The van der Waals surface area contributed by atoms with E-state index in [1.807, 2.05) is 11.3 Å². The molecule has 1 atom stereocenters. The Kier molecular flexibility index (Phi) is 2.75. The zero-order valence-electron chi connectivity index (χ0n) is 8.95. The minimum Gasteiger partial charge on any atom is -0.315 e. The number of thioether (sulfide) groups is 1. The molecule has 2 fully saturated rings. The molecule has 15 heavy (non-hydrogen) atoms. The van der Waals surface area contributed by atoms with E-state index in [0.29, 0.717) is 5.92 Å². The fourth-order valence-corrected chi connectivity index (χ4v) is 4.53. The molecule has 1 aromatic heterocycles. The second kappa shape index (κ2) is 4.07. The zero-order valence-corrected chi connectivity index (χ0v) is 10.6. The van der Waals surface area contributed by atoms with Crippen molar-refractivity contribution >= 4 is 23.1 Å². The van der Waals surface area contributed by atoms with E-state index in [-0.39, 0.29) is 0 Å². The third-order valence-electron chi connectivity index (χ3n) is 3.30. The monoisotopic (exact) mass is 240 g/mol. The van der Waals surface area contributed by atoms with Crippen molar-refractivity contribution in [2.75, 3.05) is 24.6 Å². The lowest BCUT2D eigenvalue weighted by Gasteiger charge is -2.24. The molecule has 0 amide bonds. The molecule has 0 saturated carbocycles. The SMILES string of the molecule is Cc1sc(C2CNC2)nc1C1CCSC1. The minimum absolute atomic E-state index is 0.705. The molecule has 1 unspecified atom stereocenters. The Hall–Kier alpha value is -0.0600. The van der Waals surface area contributed by atoms with Gasteiger partial charge in [-0.1, -0.05) is 0 Å². The van der Waals surface area contributed by atoms with Crippen LogP contribution >= 0.6 is 23.1 Å². The lowest BCUT2D eigenvalue weighted by molar-refractivity contribution is 0.446. The lowest BCUT2D eigenvalue weighted by Crippen LogP contribution is -2.39. The predicted molar refractivity (Wildman–Crippen MR) is 67.1 cm³/mol. The van der Waals surface area contributed by atoms with Gasteiger partial charge < -0.3 is 5.32 Å². The van der Waals surface area contributed by atoms with Crippen LogP contribution in [-0.2, 0) is 0 Å². The highest BCUT2D eigenvalue weighted by Crippen LogP contribution is 2.37. The van der Waals surface area contributed by atoms with Gasteiger partial charge in [-0.15, -0.1) is 11.3 Å². The first-order valence-corrected chi connectivity index (χ1v) is 7.57. The first-order chi connectivity index (χ1) is 7.34. The molecule has 2 aliphatic heterocycles. The van der Waals surface area contributed by atoms with Crippen molar-refractivity contribution < 1.29 is 0 Å². The van der Waals surface area contributed by atoms with Crippen LogP contribution in [-0.4, -0.2) is 29.6 Å². The van der Waals surface area contributed by atoms with Crippen LogP contribution in [0.5, 0.6) is 0 Å². The molecule has 3 rings (SSSR count). The largest absolute Gasteiger partial charge is 0.315 e. The number of aryl methyl sites for hydroxylation is 1. The molecule has 4 heteroatoms. The average molecular weight is 240 g/mol. The summed E-state index contributed by atoms with van der Waals surface area (Å²) in [7, 11) is 0. The van der Waals surface area contributed by atoms with Gasteiger partial charge in [-0.25, -0.2) is 4.98 Å². The van der Waals surface area contributed by atoms with E-state index in [1.165, 1.54) is 33.5 Å². The normalized spacial score (nSPS) is 26.9. The van der Waals surface area contributed by atoms with Crippen molar-refractivity contribution in [1.82, 2.24) is 10.3 Å². The van der Waals surface area contributed by atoms with Gasteiger partial charge in [0.15, 0.2) is 0 Å². The van der Waals surface area contributed by atoms with Gasteiger partial charge in [0.2, 0.25) is 0 Å². The summed E-state index contributed by atoms with van der Waals surface area (Å²) in [6.45, 7) is 4.50. The number of rotatable bonds is 2. The summed E-state index contributed by atoms with van der Waals surface area (Å²) < 4.78 is 0. The highest BCUT2D eigenvalue weighted by molar-refractivity contribution is 7.99. The molecule has 0 aromatic carbocycles. The van der Waals surface area contributed by atoms with E-state index >= 15 is 0 Å². The van der Waals surface area contributed by atoms with Crippen LogP contribution in [0.2, 0.25) is 0 Å². The Labute approximate surface area is 98.9 Å². The van der Waals surface area contributed by atoms with E-state index in [2.05, 4.69) is 24.0 Å². The Morgan fingerprint density at radius 1 is 1.33 bits per heavy atom. The Morgan fingerprint density at radius 3 is 2.80 bits per heavy atom. The van der Waals surface area contributed by atoms with Crippen LogP contribution in [0, 0.1) is 6.92 Å². The molecule has 1 N–H and O–H groups in total. The predicted octanol–water partition coefficient (Wildman–Crippen LogP) is 2.36. The van der Waals surface area contributed by atoms with Gasteiger partial charge in [0.05, 0.1) is 10.7 Å². The summed E-state index contributed by atoms with van der Waals surface area (Å²) >= 11 is 4.00. The molecule has 1 aromatic rings. The summed E-state index contributed by atoms with van der Waals surface area (Å²) in [6, 6.07) is 0. The molecular weight excluding hydrogens is 224 g/mol. The van der Waals surface area contributed by atoms with E-state index in [0.717, 1.165) is 19.0 Å². The number of hydrogen-bond donors (Lipinski definition) is 1. The quantitative estimate of drug-likeness (QED) is 0.859. The van der Waals surface area contributed by atoms with Crippen LogP contribution in [0.15, 0.2) is 0 Å². The molecule has 2 nitrogen and oxygen atoms in total. The van der Waals surface area contributed by atoms with Gasteiger partial charge in [-0.05, 0) is 19.1 Å². The van der Waals surface area contributed by atoms with Crippen molar-refractivity contribution in [2.24, 2.45) is 0 Å². The van der Waals surface area contributed by atoms with Gasteiger partial charge in [0.1, 0.15) is 0 Å². The lowest BCUT2D eigenvalue weighted by atomic mass is 10.0. The minimum atomic E-state index is 0.705. The molecule has 3 heterocycles. The topological polar surface area (TPSA) is 24.9 Å². The molecular formula is C11H16N2S2. The second-order valence-electron chi connectivity index (χ2n) is 4.41. The van der Waals surface area contributed by atoms with Crippen molar-refractivity contribution in [3.8, 4) is 0 Å². The summed E-state index contributed by atoms with van der Waals surface area (Å²) in [5, 5.41) is 4.69. The molecule has 2 aliphatic rings. The molecule has 0 radical (unpaired) electrons. The summed E-state index contributed by atoms with van der Waals surface area (Å²) in [5.74, 6) is 4.05. The highest BCUT2D eigenvalue weighted by Gasteiger charge is 2.27. The van der Waals surface area contributed by atoms with E-state index in [1.54, 1.807) is 0 Å².